The minimum absolute atomic E-state index is 0.184. The zero-order chi connectivity index (χ0) is 18.4. The summed E-state index contributed by atoms with van der Waals surface area (Å²) in [5.41, 5.74) is 1.29. The zero-order valence-electron chi connectivity index (χ0n) is 14.0. The summed E-state index contributed by atoms with van der Waals surface area (Å²) < 4.78 is 14.0. The van der Waals surface area contributed by atoms with Crippen LogP contribution in [-0.2, 0) is 4.74 Å². The van der Waals surface area contributed by atoms with Gasteiger partial charge in [0.05, 0.1) is 11.3 Å². The fraction of sp³-hybridized carbons (Fsp3) is 0.167. The van der Waals surface area contributed by atoms with Gasteiger partial charge in [-0.15, -0.1) is 5.10 Å². The number of carbonyl (C=O) groups excluding carboxylic acids is 1. The molecule has 0 fully saturated rings. The average Bonchev–Trinajstić information content (AvgIpc) is 3.07. The van der Waals surface area contributed by atoms with Crippen LogP contribution >= 0.6 is 35.3 Å². The van der Waals surface area contributed by atoms with E-state index in [1.165, 1.54) is 11.3 Å². The first-order valence-corrected chi connectivity index (χ1v) is 10.2. The van der Waals surface area contributed by atoms with Gasteiger partial charge in [-0.05, 0) is 54.9 Å². The molecule has 0 atom stereocenters. The lowest BCUT2D eigenvalue weighted by Gasteiger charge is -2.08. The Labute approximate surface area is 164 Å². The highest BCUT2D eigenvalue weighted by Crippen LogP contribution is 2.22. The number of carbonyl (C=O) groups is 1. The van der Waals surface area contributed by atoms with Gasteiger partial charge in [-0.2, -0.15) is 0 Å². The number of rotatable bonds is 7. The molecule has 0 bridgehead atoms. The maximum atomic E-state index is 12.1. The summed E-state index contributed by atoms with van der Waals surface area (Å²) in [6, 6.07) is 16.4. The molecule has 8 heteroatoms. The third-order valence-electron chi connectivity index (χ3n) is 3.38. The fourth-order valence-electron chi connectivity index (χ4n) is 2.14. The smallest absolute Gasteiger partial charge is 0.338 e. The molecule has 0 amide bonds. The predicted molar refractivity (Wildman–Crippen MR) is 106 cm³/mol. The largest absolute Gasteiger partial charge is 0.490 e. The van der Waals surface area contributed by atoms with Crippen molar-refractivity contribution in [2.45, 2.75) is 4.34 Å². The third-order valence-corrected chi connectivity index (χ3v) is 5.59. The van der Waals surface area contributed by atoms with Gasteiger partial charge in [0, 0.05) is 0 Å². The molecule has 0 saturated heterocycles. The molecule has 3 rings (SSSR count). The Kier molecular flexibility index (Phi) is 6.43. The van der Waals surface area contributed by atoms with E-state index in [9.17, 15) is 4.79 Å². The van der Waals surface area contributed by atoms with Crippen molar-refractivity contribution in [1.29, 1.82) is 0 Å². The Morgan fingerprint density at radius 1 is 1.15 bits per heavy atom. The van der Waals surface area contributed by atoms with Crippen molar-refractivity contribution >= 4 is 41.3 Å². The fourth-order valence-corrected chi connectivity index (χ4v) is 3.92. The second-order valence-corrected chi connectivity index (χ2v) is 7.77. The number of hydrogen-bond acceptors (Lipinski definition) is 7. The number of aromatic nitrogens is 2. The van der Waals surface area contributed by atoms with E-state index in [0.717, 1.165) is 15.8 Å². The van der Waals surface area contributed by atoms with E-state index in [1.54, 1.807) is 40.7 Å². The van der Waals surface area contributed by atoms with Crippen LogP contribution in [0.25, 0.3) is 5.69 Å². The molecule has 134 valence electrons. The van der Waals surface area contributed by atoms with Gasteiger partial charge in [-0.1, -0.05) is 41.3 Å². The molecule has 3 aromatic rings. The summed E-state index contributed by atoms with van der Waals surface area (Å²) >= 11 is 8.32. The SMILES string of the molecule is CSc1nn(-c2ccc(C(=O)OCCOc3ccccc3)cc2)c(=S)s1. The first kappa shape index (κ1) is 18.6. The molecular formula is C18H16N2O3S3. The number of esters is 1. The molecular weight excluding hydrogens is 388 g/mol. The van der Waals surface area contributed by atoms with Gasteiger partial charge in [0.15, 0.2) is 8.29 Å². The number of para-hydroxylation sites is 1. The topological polar surface area (TPSA) is 53.4 Å². The molecule has 0 aliphatic heterocycles. The van der Waals surface area contributed by atoms with E-state index in [0.29, 0.717) is 16.1 Å². The molecule has 0 radical (unpaired) electrons. The molecule has 1 aromatic heterocycles. The van der Waals surface area contributed by atoms with Crippen LogP contribution in [0.4, 0.5) is 0 Å². The lowest BCUT2D eigenvalue weighted by atomic mass is 10.2. The summed E-state index contributed by atoms with van der Waals surface area (Å²) in [5, 5.41) is 4.42. The minimum Gasteiger partial charge on any atom is -0.490 e. The number of benzene rings is 2. The van der Waals surface area contributed by atoms with Gasteiger partial charge >= 0.3 is 5.97 Å². The lowest BCUT2D eigenvalue weighted by molar-refractivity contribution is 0.0450. The van der Waals surface area contributed by atoms with Crippen molar-refractivity contribution in [1.82, 2.24) is 9.78 Å². The number of ether oxygens (including phenoxy) is 2. The molecule has 5 nitrogen and oxygen atoms in total. The van der Waals surface area contributed by atoms with E-state index >= 15 is 0 Å². The maximum absolute atomic E-state index is 12.1. The summed E-state index contributed by atoms with van der Waals surface area (Å²) in [6.07, 6.45) is 1.96. The summed E-state index contributed by atoms with van der Waals surface area (Å²) in [4.78, 5) is 12.1. The van der Waals surface area contributed by atoms with Crippen molar-refractivity contribution in [2.75, 3.05) is 19.5 Å². The average molecular weight is 405 g/mol. The van der Waals surface area contributed by atoms with Crippen molar-refractivity contribution < 1.29 is 14.3 Å². The molecule has 0 aliphatic rings. The Bertz CT molecular complexity index is 921. The van der Waals surface area contributed by atoms with Gasteiger partial charge < -0.3 is 9.47 Å². The van der Waals surface area contributed by atoms with Crippen LogP contribution in [0, 0.1) is 3.95 Å². The van der Waals surface area contributed by atoms with Crippen LogP contribution in [0.15, 0.2) is 58.9 Å². The van der Waals surface area contributed by atoms with Gasteiger partial charge in [0.1, 0.15) is 19.0 Å². The molecule has 0 unspecified atom stereocenters. The monoisotopic (exact) mass is 404 g/mol. The van der Waals surface area contributed by atoms with E-state index in [-0.39, 0.29) is 12.6 Å². The van der Waals surface area contributed by atoms with Gasteiger partial charge in [0.25, 0.3) is 0 Å². The van der Waals surface area contributed by atoms with E-state index < -0.39 is 0 Å². The number of thioether (sulfide) groups is 1. The highest BCUT2D eigenvalue weighted by molar-refractivity contribution is 8.00. The van der Waals surface area contributed by atoms with Crippen molar-refractivity contribution in [3.8, 4) is 11.4 Å². The van der Waals surface area contributed by atoms with Gasteiger partial charge in [0.2, 0.25) is 0 Å². The molecule has 2 aromatic carbocycles. The molecule has 0 spiro atoms. The molecule has 0 aliphatic carbocycles. The van der Waals surface area contributed by atoms with Crippen LogP contribution < -0.4 is 4.74 Å². The van der Waals surface area contributed by atoms with Gasteiger partial charge in [-0.3, -0.25) is 0 Å². The van der Waals surface area contributed by atoms with Crippen LogP contribution in [-0.4, -0.2) is 35.2 Å². The first-order valence-electron chi connectivity index (χ1n) is 7.77. The van der Waals surface area contributed by atoms with Crippen LogP contribution in [0.2, 0.25) is 0 Å². The summed E-state index contributed by atoms with van der Waals surface area (Å²) in [7, 11) is 0. The number of nitrogens with zero attached hydrogens (tertiary/aromatic N) is 2. The summed E-state index contributed by atoms with van der Waals surface area (Å²) in [5.74, 6) is 0.359. The number of hydrogen-bond donors (Lipinski definition) is 0. The maximum Gasteiger partial charge on any atom is 0.338 e. The normalized spacial score (nSPS) is 10.5. The zero-order valence-corrected chi connectivity index (χ0v) is 16.4. The Morgan fingerprint density at radius 2 is 1.88 bits per heavy atom. The first-order chi connectivity index (χ1) is 12.7. The van der Waals surface area contributed by atoms with Crippen LogP contribution in [0.5, 0.6) is 5.75 Å². The Morgan fingerprint density at radius 3 is 2.54 bits per heavy atom. The standard InChI is InChI=1S/C18H16N2O3S3/c1-25-17-19-20(18(24)26-17)14-9-7-13(8-10-14)16(21)23-12-11-22-15-5-3-2-4-6-15/h2-10H,11-12H2,1H3. The van der Waals surface area contributed by atoms with Crippen LogP contribution in [0.1, 0.15) is 10.4 Å². The lowest BCUT2D eigenvalue weighted by Crippen LogP contribution is -2.12. The quantitative estimate of drug-likeness (QED) is 0.248. The highest BCUT2D eigenvalue weighted by Gasteiger charge is 2.09. The Hall–Kier alpha value is -2.16. The van der Waals surface area contributed by atoms with Crippen LogP contribution in [0.3, 0.4) is 0 Å². The van der Waals surface area contributed by atoms with E-state index in [2.05, 4.69) is 5.10 Å². The van der Waals surface area contributed by atoms with Crippen molar-refractivity contribution in [2.24, 2.45) is 0 Å². The van der Waals surface area contributed by atoms with E-state index in [1.807, 2.05) is 36.6 Å². The minimum atomic E-state index is -0.389. The van der Waals surface area contributed by atoms with Crippen molar-refractivity contribution in [3.63, 3.8) is 0 Å². The molecule has 0 N–H and O–H groups in total. The summed E-state index contributed by atoms with van der Waals surface area (Å²) in [6.45, 7) is 0.489. The molecule has 0 saturated carbocycles. The third kappa shape index (κ3) is 4.72. The van der Waals surface area contributed by atoms with Crippen molar-refractivity contribution in [3.05, 3.63) is 64.1 Å². The molecule has 1 heterocycles. The van der Waals surface area contributed by atoms with E-state index in [4.69, 9.17) is 21.7 Å². The highest BCUT2D eigenvalue weighted by atomic mass is 32.2. The molecule has 26 heavy (non-hydrogen) atoms. The second kappa shape index (κ2) is 8.98. The second-order valence-electron chi connectivity index (χ2n) is 5.09. The van der Waals surface area contributed by atoms with Gasteiger partial charge in [-0.25, -0.2) is 9.48 Å². The Balaban J connectivity index is 1.55. The predicted octanol–water partition coefficient (Wildman–Crippen LogP) is 4.62.